The smallest absolute Gasteiger partial charge is 0.407 e. The summed E-state index contributed by atoms with van der Waals surface area (Å²) in [5, 5.41) is 48.0. The van der Waals surface area contributed by atoms with Gasteiger partial charge in [0.2, 0.25) is 5.78 Å². The highest BCUT2D eigenvalue weighted by Gasteiger charge is 2.64. The zero-order valence-corrected chi connectivity index (χ0v) is 24.1. The van der Waals surface area contributed by atoms with Crippen molar-refractivity contribution in [3.05, 3.63) is 39.7 Å². The molecule has 3 aliphatic carbocycles. The molecule has 0 heterocycles. The number of aliphatic hydroxyl groups excluding tert-OH is 2. The number of Topliss-reactive ketones (excluding diaryl/α,β-unsaturated/α-hetero) is 2. The lowest BCUT2D eigenvalue weighted by Gasteiger charge is -2.50. The molecule has 14 heteroatoms. The molecule has 228 valence electrons. The number of phenolic OH excluding ortho intramolecular Hbond substituents is 1. The molecule has 4 rings (SSSR count). The summed E-state index contributed by atoms with van der Waals surface area (Å²) < 4.78 is 9.82. The van der Waals surface area contributed by atoms with Crippen LogP contribution in [0.3, 0.4) is 0 Å². The molecule has 1 aromatic carbocycles. The van der Waals surface area contributed by atoms with Gasteiger partial charge < -0.3 is 45.9 Å². The van der Waals surface area contributed by atoms with E-state index in [0.29, 0.717) is 11.3 Å². The van der Waals surface area contributed by atoms with Gasteiger partial charge in [0.1, 0.15) is 29.4 Å². The van der Waals surface area contributed by atoms with Crippen molar-refractivity contribution < 1.29 is 49.1 Å². The van der Waals surface area contributed by atoms with E-state index in [1.807, 2.05) is 0 Å². The van der Waals surface area contributed by atoms with Crippen LogP contribution in [-0.2, 0) is 36.8 Å². The molecule has 0 saturated heterocycles. The molecule has 0 aliphatic heterocycles. The van der Waals surface area contributed by atoms with E-state index in [1.165, 1.54) is 12.0 Å². The van der Waals surface area contributed by atoms with E-state index in [9.17, 15) is 39.6 Å². The van der Waals surface area contributed by atoms with Crippen molar-refractivity contribution in [2.45, 2.75) is 31.0 Å². The maximum atomic E-state index is 14.0. The number of primary amides is 1. The number of ether oxygens (including phenoxy) is 2. The summed E-state index contributed by atoms with van der Waals surface area (Å²) in [5.41, 5.74) is 2.74. The van der Waals surface area contributed by atoms with Crippen molar-refractivity contribution in [1.82, 2.24) is 10.2 Å². The fourth-order valence-electron chi connectivity index (χ4n) is 6.32. The second kappa shape index (κ2) is 11.3. The number of methoxy groups -OCH3 is 1. The Morgan fingerprint density at radius 1 is 1.14 bits per heavy atom. The predicted molar refractivity (Wildman–Crippen MR) is 149 cm³/mol. The van der Waals surface area contributed by atoms with Crippen LogP contribution < -0.4 is 16.0 Å². The number of likely N-dealkylation sites (N-methyl/N-ethyl adjacent to an activating group) is 1. The highest BCUT2D eigenvalue weighted by atomic mass is 16.6. The van der Waals surface area contributed by atoms with Gasteiger partial charge >= 0.3 is 6.09 Å². The molecule has 14 nitrogen and oxygen atoms in total. The molecule has 1 aromatic rings. The molecule has 1 saturated carbocycles. The standard InChI is InChI=1S/C28H36N4O10/c1-31(2)16-10-13(11-30-27(39)42-7-6-41-5)21(33)18-14(16)8-12-9-15-20(32(3)4)23(35)19(26(29)38)25(37)28(15,40)24(36)17(12)22(18)34/h10,12,15,20,33-34,37,40H,6-9,11H2,1-5H3,(H2,29,38)(H,30,39). The molecule has 4 atom stereocenters. The molecule has 0 radical (unpaired) electrons. The van der Waals surface area contributed by atoms with E-state index in [-0.39, 0.29) is 49.3 Å². The average molecular weight is 589 g/mol. The zero-order chi connectivity index (χ0) is 31.3. The fourth-order valence-corrected chi connectivity index (χ4v) is 6.32. The van der Waals surface area contributed by atoms with Crippen molar-refractivity contribution in [2.75, 3.05) is 53.4 Å². The Hall–Kier alpha value is -4.14. The topological polar surface area (TPSA) is 212 Å². The van der Waals surface area contributed by atoms with E-state index in [2.05, 4.69) is 5.32 Å². The molecular formula is C28H36N4O10. The van der Waals surface area contributed by atoms with Crippen LogP contribution in [0, 0.1) is 11.8 Å². The highest BCUT2D eigenvalue weighted by Crippen LogP contribution is 2.54. The van der Waals surface area contributed by atoms with Gasteiger partial charge in [0.05, 0.1) is 18.2 Å². The van der Waals surface area contributed by atoms with Crippen LogP contribution in [0.1, 0.15) is 23.1 Å². The number of aliphatic hydroxyl groups is 3. The SMILES string of the molecule is COCCOC(=O)NCc1cc(N(C)C)c2c(c1O)C(O)=C1C(=O)C3(O)C(O)=C(C(N)=O)C(=O)C(N(C)C)C3CC1C2. The number of nitrogens with two attached hydrogens (primary N) is 1. The molecular weight excluding hydrogens is 552 g/mol. The van der Waals surface area contributed by atoms with Gasteiger partial charge in [0.25, 0.3) is 5.91 Å². The lowest BCUT2D eigenvalue weighted by molar-refractivity contribution is -0.153. The van der Waals surface area contributed by atoms with Crippen LogP contribution in [0.4, 0.5) is 10.5 Å². The second-order valence-corrected chi connectivity index (χ2v) is 11.1. The van der Waals surface area contributed by atoms with Crippen LogP contribution in [0.5, 0.6) is 5.75 Å². The minimum atomic E-state index is -2.73. The number of nitrogens with one attached hydrogen (secondary N) is 1. The average Bonchev–Trinajstić information content (AvgIpc) is 2.89. The van der Waals surface area contributed by atoms with Gasteiger partial charge in [0.15, 0.2) is 11.4 Å². The predicted octanol–water partition coefficient (Wildman–Crippen LogP) is -0.0974. The molecule has 42 heavy (non-hydrogen) atoms. The third-order valence-electron chi connectivity index (χ3n) is 8.20. The Balaban J connectivity index is 1.85. The summed E-state index contributed by atoms with van der Waals surface area (Å²) in [6, 6.07) is 0.477. The Kier molecular flexibility index (Phi) is 8.27. The number of carbonyl (C=O) groups excluding carboxylic acids is 4. The maximum Gasteiger partial charge on any atom is 0.407 e. The largest absolute Gasteiger partial charge is 0.508 e. The maximum absolute atomic E-state index is 14.0. The quantitative estimate of drug-likeness (QED) is 0.174. The minimum Gasteiger partial charge on any atom is -0.508 e. The van der Waals surface area contributed by atoms with Crippen LogP contribution >= 0.6 is 0 Å². The van der Waals surface area contributed by atoms with Gasteiger partial charge in [-0.25, -0.2) is 4.79 Å². The first-order valence-electron chi connectivity index (χ1n) is 13.3. The van der Waals surface area contributed by atoms with Crippen molar-refractivity contribution in [1.29, 1.82) is 0 Å². The molecule has 4 unspecified atom stereocenters. The number of hydrogen-bond donors (Lipinski definition) is 6. The van der Waals surface area contributed by atoms with Crippen LogP contribution in [0.15, 0.2) is 23.0 Å². The number of ketones is 2. The normalized spacial score (nSPS) is 25.2. The monoisotopic (exact) mass is 588 g/mol. The zero-order valence-electron chi connectivity index (χ0n) is 24.1. The van der Waals surface area contributed by atoms with Crippen LogP contribution in [-0.4, -0.2) is 109 Å². The van der Waals surface area contributed by atoms with E-state index in [0.717, 1.165) is 0 Å². The lowest BCUT2D eigenvalue weighted by atomic mass is 9.57. The Morgan fingerprint density at radius 2 is 1.81 bits per heavy atom. The molecule has 0 spiro atoms. The number of anilines is 1. The number of nitrogens with zero attached hydrogens (tertiary/aromatic N) is 2. The van der Waals surface area contributed by atoms with E-state index in [1.54, 1.807) is 39.2 Å². The number of alkyl carbamates (subject to hydrolysis) is 1. The van der Waals surface area contributed by atoms with E-state index in [4.69, 9.17) is 15.2 Å². The summed E-state index contributed by atoms with van der Waals surface area (Å²) in [6.07, 6.45) is -0.637. The van der Waals surface area contributed by atoms with Crippen molar-refractivity contribution in [3.63, 3.8) is 0 Å². The summed E-state index contributed by atoms with van der Waals surface area (Å²) in [6.45, 7) is 0.0257. The number of fused-ring (bicyclic) bond motifs is 3. The number of rotatable bonds is 8. The summed E-state index contributed by atoms with van der Waals surface area (Å²) in [5.74, 6) is -7.25. The number of carbonyl (C=O) groups is 4. The Bertz CT molecular complexity index is 1420. The van der Waals surface area contributed by atoms with Gasteiger partial charge in [-0.05, 0) is 44.5 Å². The molecule has 1 fully saturated rings. The van der Waals surface area contributed by atoms with Gasteiger partial charge in [-0.3, -0.25) is 19.3 Å². The van der Waals surface area contributed by atoms with Crippen molar-refractivity contribution in [2.24, 2.45) is 17.6 Å². The van der Waals surface area contributed by atoms with Gasteiger partial charge in [-0.15, -0.1) is 0 Å². The fraction of sp³-hybridized carbons (Fsp3) is 0.500. The third kappa shape index (κ3) is 4.74. The first-order chi connectivity index (χ1) is 19.7. The number of hydrogen-bond acceptors (Lipinski definition) is 12. The van der Waals surface area contributed by atoms with Crippen LogP contribution in [0.25, 0.3) is 5.76 Å². The van der Waals surface area contributed by atoms with Crippen molar-refractivity contribution in [3.8, 4) is 5.75 Å². The van der Waals surface area contributed by atoms with E-state index >= 15 is 0 Å². The molecule has 7 N–H and O–H groups in total. The first-order valence-corrected chi connectivity index (χ1v) is 13.3. The van der Waals surface area contributed by atoms with Gasteiger partial charge in [0, 0.05) is 50.5 Å². The third-order valence-corrected chi connectivity index (χ3v) is 8.20. The molecule has 0 aromatic heterocycles. The summed E-state index contributed by atoms with van der Waals surface area (Å²) >= 11 is 0. The first kappa shape index (κ1) is 30.8. The Morgan fingerprint density at radius 3 is 2.38 bits per heavy atom. The molecule has 3 aliphatic rings. The molecule has 2 amide bonds. The molecule has 0 bridgehead atoms. The Labute approximate surface area is 242 Å². The highest BCUT2D eigenvalue weighted by molar-refractivity contribution is 6.24. The van der Waals surface area contributed by atoms with E-state index < -0.39 is 69.9 Å². The van der Waals surface area contributed by atoms with Gasteiger partial charge in [-0.2, -0.15) is 0 Å². The minimum absolute atomic E-state index is 0.0147. The summed E-state index contributed by atoms with van der Waals surface area (Å²) in [7, 11) is 8.04. The lowest BCUT2D eigenvalue weighted by Crippen LogP contribution is -2.65. The second-order valence-electron chi connectivity index (χ2n) is 11.1. The number of aromatic hydroxyl groups is 1. The van der Waals surface area contributed by atoms with Crippen molar-refractivity contribution >= 4 is 35.0 Å². The number of benzene rings is 1. The summed E-state index contributed by atoms with van der Waals surface area (Å²) in [4.78, 5) is 54.7. The number of amides is 2. The number of phenols is 1. The van der Waals surface area contributed by atoms with Gasteiger partial charge in [-0.1, -0.05) is 0 Å². The van der Waals surface area contributed by atoms with Crippen LogP contribution in [0.2, 0.25) is 0 Å².